The van der Waals surface area contributed by atoms with Gasteiger partial charge in [-0.25, -0.2) is 34.4 Å². The Morgan fingerprint density at radius 3 is 1.10 bits per heavy atom. The predicted molar refractivity (Wildman–Crippen MR) is 211 cm³/mol. The maximum Gasteiger partial charge on any atom is -0.0512 e. The van der Waals surface area contributed by atoms with Gasteiger partial charge in [0.25, 0.3) is 0 Å². The monoisotopic (exact) mass is 882 g/mol. The molecular formula is C48H56Cl2Zr2-2. The van der Waals surface area contributed by atoms with Crippen molar-refractivity contribution in [2.24, 2.45) is 0 Å². The van der Waals surface area contributed by atoms with E-state index in [0.717, 1.165) is 12.8 Å². The van der Waals surface area contributed by atoms with Gasteiger partial charge in [0.15, 0.2) is 0 Å². The summed E-state index contributed by atoms with van der Waals surface area (Å²) in [6.45, 7) is 12.8. The van der Waals surface area contributed by atoms with E-state index in [0.29, 0.717) is 0 Å². The molecule has 52 heavy (non-hydrogen) atoms. The molecule has 0 radical (unpaired) electrons. The van der Waals surface area contributed by atoms with Crippen molar-refractivity contribution in [2.45, 2.75) is 106 Å². The first kappa shape index (κ1) is 48.2. The molecule has 0 nitrogen and oxygen atoms in total. The molecular weight excluding hydrogens is 830 g/mol. The summed E-state index contributed by atoms with van der Waals surface area (Å²) in [7, 11) is 0. The molecule has 0 spiro atoms. The third kappa shape index (κ3) is 18.5. The van der Waals surface area contributed by atoms with Gasteiger partial charge in [-0.1, -0.05) is 65.2 Å². The van der Waals surface area contributed by atoms with Gasteiger partial charge in [0, 0.05) is 0 Å². The Morgan fingerprint density at radius 1 is 0.519 bits per heavy atom. The Labute approximate surface area is 359 Å². The van der Waals surface area contributed by atoms with E-state index < -0.39 is 0 Å². The fraction of sp³-hybridized carbons (Fsp3) is 0.333. The van der Waals surface area contributed by atoms with Gasteiger partial charge in [0.1, 0.15) is 0 Å². The van der Waals surface area contributed by atoms with Gasteiger partial charge >= 0.3 is 141 Å². The van der Waals surface area contributed by atoms with E-state index in [1.54, 1.807) is 22.3 Å². The second-order valence-corrected chi connectivity index (χ2v) is 17.0. The van der Waals surface area contributed by atoms with Crippen LogP contribution in [0.15, 0.2) is 132 Å². The summed E-state index contributed by atoms with van der Waals surface area (Å²) in [4.78, 5) is 0. The van der Waals surface area contributed by atoms with Crippen molar-refractivity contribution in [3.63, 3.8) is 0 Å². The van der Waals surface area contributed by atoms with E-state index >= 15 is 0 Å². The van der Waals surface area contributed by atoms with Gasteiger partial charge in [-0.2, -0.15) is 58.7 Å². The summed E-state index contributed by atoms with van der Waals surface area (Å²) in [5.41, 5.74) is 14.6. The van der Waals surface area contributed by atoms with E-state index in [-0.39, 0.29) is 24.8 Å². The first-order valence-electron chi connectivity index (χ1n) is 18.3. The molecule has 4 aromatic carbocycles. The first-order chi connectivity index (χ1) is 24.2. The Bertz CT molecular complexity index is 1530. The fourth-order valence-electron chi connectivity index (χ4n) is 5.90. The van der Waals surface area contributed by atoms with Gasteiger partial charge in [-0.3, -0.25) is 12.2 Å². The van der Waals surface area contributed by atoms with Crippen LogP contribution in [0.5, 0.6) is 0 Å². The number of aryl methyl sites for hydroxylation is 4. The van der Waals surface area contributed by atoms with Crippen LogP contribution in [0.4, 0.5) is 0 Å². The standard InChI is InChI=1S/2C9H11.2C8H8.2C7H9.2ClH.2Zr/c2*1-2-5-9-7-3-6-8(9)4-1;2*1-2-8-6-4-3-5-7-8;2*1-6-4-3-5-7(6)2;;;;/h2*3,6-7H,1-2,4-5H2;2*3-7H,1H3;2*4H,3H2,1-2H3;2*1H;;/q2*-1;;;2*-1;;;2*+2/p-2. The van der Waals surface area contributed by atoms with Crippen LogP contribution in [-0.2, 0) is 74.2 Å². The zero-order chi connectivity index (χ0) is 36.1. The SMILES string of the molecule is CC1=[C-]CC=C1C.CC1=[C-]CC=C1C.C[C](=[Zr+2])c1ccccc1.C[C](=[Zr+2])c1ccccc1.[Cl-].[Cl-].c1cc2c([cH-]1)CCCC2.c1cc2c([cH-]1)CCCC2. The molecule has 4 aliphatic rings. The quantitative estimate of drug-likeness (QED) is 0.208. The van der Waals surface area contributed by atoms with Gasteiger partial charge < -0.3 is 24.8 Å². The van der Waals surface area contributed by atoms with Crippen LogP contribution in [-0.4, -0.2) is 6.41 Å². The molecule has 0 bridgehead atoms. The second kappa shape index (κ2) is 27.7. The third-order valence-electron chi connectivity index (χ3n) is 9.45. The molecule has 0 fully saturated rings. The number of hydrogen-bond acceptors (Lipinski definition) is 0. The van der Waals surface area contributed by atoms with Gasteiger partial charge in [0.05, 0.1) is 0 Å². The molecule has 0 atom stereocenters. The maximum atomic E-state index is 3.19. The molecule has 272 valence electrons. The molecule has 0 heterocycles. The van der Waals surface area contributed by atoms with Crippen molar-refractivity contribution in [1.29, 1.82) is 0 Å². The van der Waals surface area contributed by atoms with E-state index in [9.17, 15) is 0 Å². The van der Waals surface area contributed by atoms with Crippen LogP contribution in [0.25, 0.3) is 0 Å². The van der Waals surface area contributed by atoms with Crippen LogP contribution in [0, 0.1) is 12.2 Å². The van der Waals surface area contributed by atoms with E-state index in [1.165, 1.54) is 140 Å². The van der Waals surface area contributed by atoms with Gasteiger partial charge in [0.2, 0.25) is 0 Å². The Hall–Kier alpha value is -1.81. The zero-order valence-corrected chi connectivity index (χ0v) is 38.6. The summed E-state index contributed by atoms with van der Waals surface area (Å²) in [6.07, 6.45) is 23.7. The summed E-state index contributed by atoms with van der Waals surface area (Å²) in [5.74, 6) is 0. The van der Waals surface area contributed by atoms with Crippen molar-refractivity contribution >= 4 is 6.41 Å². The summed E-state index contributed by atoms with van der Waals surface area (Å²) >= 11 is 3.01. The predicted octanol–water partition coefficient (Wildman–Crippen LogP) is 6.30. The average Bonchev–Trinajstić information content (AvgIpc) is 3.97. The summed E-state index contributed by atoms with van der Waals surface area (Å²) < 4.78 is 2.92. The maximum absolute atomic E-state index is 3.19. The Kier molecular flexibility index (Phi) is 25.7. The van der Waals surface area contributed by atoms with E-state index in [1.807, 2.05) is 12.1 Å². The molecule has 0 saturated heterocycles. The van der Waals surface area contributed by atoms with Crippen LogP contribution in [0.1, 0.15) is 113 Å². The number of hydrogen-bond donors (Lipinski definition) is 0. The fourth-order valence-corrected chi connectivity index (χ4v) is 6.72. The minimum Gasteiger partial charge on any atom is -1.00 e. The topological polar surface area (TPSA) is 0 Å². The minimum atomic E-state index is 0. The minimum absolute atomic E-state index is 0. The van der Waals surface area contributed by atoms with Crippen molar-refractivity contribution in [2.75, 3.05) is 0 Å². The Morgan fingerprint density at radius 2 is 0.865 bits per heavy atom. The van der Waals surface area contributed by atoms with Crippen LogP contribution < -0.4 is 24.8 Å². The van der Waals surface area contributed by atoms with Crippen molar-refractivity contribution in [1.82, 2.24) is 0 Å². The van der Waals surface area contributed by atoms with Gasteiger partial charge in [-0.15, -0.1) is 26.7 Å². The molecule has 4 heteroatoms. The molecule has 0 aromatic heterocycles. The summed E-state index contributed by atoms with van der Waals surface area (Å²) in [5, 5.41) is 0. The normalized spacial score (nSPS) is 14.3. The smallest absolute Gasteiger partial charge is 0.0512 e. The van der Waals surface area contributed by atoms with Gasteiger partial charge in [-0.05, 0) is 0 Å². The Balaban J connectivity index is 0.000000311. The third-order valence-corrected chi connectivity index (χ3v) is 10.9. The molecule has 0 N–H and O–H groups in total. The number of allylic oxidation sites excluding steroid dienone is 8. The van der Waals surface area contributed by atoms with Crippen LogP contribution in [0.2, 0.25) is 0 Å². The molecule has 0 saturated carbocycles. The molecule has 4 aliphatic carbocycles. The second-order valence-electron chi connectivity index (χ2n) is 13.3. The van der Waals surface area contributed by atoms with Crippen molar-refractivity contribution in [3.05, 3.63) is 177 Å². The number of benzene rings is 2. The van der Waals surface area contributed by atoms with E-state index in [4.69, 9.17) is 0 Å². The van der Waals surface area contributed by atoms with Crippen molar-refractivity contribution < 1.29 is 73.3 Å². The molecule has 0 amide bonds. The van der Waals surface area contributed by atoms with E-state index in [2.05, 4.69) is 151 Å². The molecule has 4 aromatic rings. The largest absolute Gasteiger partial charge is 1.00 e. The number of rotatable bonds is 2. The average molecular weight is 886 g/mol. The van der Waals surface area contributed by atoms with Crippen molar-refractivity contribution in [3.8, 4) is 0 Å². The molecule has 0 unspecified atom stereocenters. The summed E-state index contributed by atoms with van der Waals surface area (Å²) in [6, 6.07) is 34.3. The van der Waals surface area contributed by atoms with Crippen LogP contribution in [0.3, 0.4) is 0 Å². The number of halogens is 2. The zero-order valence-electron chi connectivity index (χ0n) is 32.2. The number of fused-ring (bicyclic) bond motifs is 2. The molecule has 0 aliphatic heterocycles. The molecule has 8 rings (SSSR count). The van der Waals surface area contributed by atoms with Crippen LogP contribution >= 0.6 is 0 Å². The first-order valence-corrected chi connectivity index (χ1v) is 20.8.